The number of rotatable bonds is 1. The molecule has 0 saturated heterocycles. The van der Waals surface area contributed by atoms with Crippen LogP contribution in [0.3, 0.4) is 0 Å². The highest BCUT2D eigenvalue weighted by atomic mass is 14.0. The van der Waals surface area contributed by atoms with Crippen molar-refractivity contribution in [1.82, 2.24) is 0 Å². The minimum Gasteiger partial charge on any atom is -0.0683 e. The SMILES string of the molecule is CC.[B]Cc1ccc(C)cc1C. The predicted molar refractivity (Wildman–Crippen MR) is 56.7 cm³/mol. The Morgan fingerprint density at radius 3 is 2.17 bits per heavy atom. The molecule has 12 heavy (non-hydrogen) atoms. The Morgan fingerprint density at radius 2 is 1.75 bits per heavy atom. The van der Waals surface area contributed by atoms with Gasteiger partial charge in [0.15, 0.2) is 0 Å². The number of hydrogen-bond donors (Lipinski definition) is 0. The van der Waals surface area contributed by atoms with Gasteiger partial charge in [-0.05, 0) is 19.4 Å². The van der Waals surface area contributed by atoms with E-state index in [0.29, 0.717) is 6.32 Å². The van der Waals surface area contributed by atoms with Gasteiger partial charge in [-0.25, -0.2) is 0 Å². The molecule has 0 fully saturated rings. The van der Waals surface area contributed by atoms with E-state index in [-0.39, 0.29) is 0 Å². The molecule has 0 aliphatic carbocycles. The summed E-state index contributed by atoms with van der Waals surface area (Å²) in [5.74, 6) is 0. The van der Waals surface area contributed by atoms with Crippen LogP contribution in [0, 0.1) is 13.8 Å². The lowest BCUT2D eigenvalue weighted by molar-refractivity contribution is 1.27. The molecule has 0 saturated carbocycles. The molecule has 0 aliphatic heterocycles. The normalized spacial score (nSPS) is 8.67. The lowest BCUT2D eigenvalue weighted by Crippen LogP contribution is -1.88. The first-order valence-electron chi connectivity index (χ1n) is 4.50. The molecular weight excluding hydrogens is 143 g/mol. The van der Waals surface area contributed by atoms with Crippen molar-refractivity contribution in [3.63, 3.8) is 0 Å². The topological polar surface area (TPSA) is 0 Å². The minimum absolute atomic E-state index is 0.645. The largest absolute Gasteiger partial charge is 0.0716 e. The van der Waals surface area contributed by atoms with E-state index in [1.165, 1.54) is 16.7 Å². The number of benzene rings is 1. The zero-order chi connectivity index (χ0) is 9.56. The Morgan fingerprint density at radius 1 is 1.17 bits per heavy atom. The molecular formula is C11H17B. The van der Waals surface area contributed by atoms with E-state index >= 15 is 0 Å². The van der Waals surface area contributed by atoms with Gasteiger partial charge in [0.1, 0.15) is 0 Å². The smallest absolute Gasteiger partial charge is 0.0683 e. The summed E-state index contributed by atoms with van der Waals surface area (Å²) in [6.07, 6.45) is 0.645. The molecule has 1 heteroatoms. The Labute approximate surface area is 77.4 Å². The van der Waals surface area contributed by atoms with Gasteiger partial charge in [-0.15, -0.1) is 0 Å². The first-order chi connectivity index (χ1) is 5.74. The van der Waals surface area contributed by atoms with E-state index in [1.54, 1.807) is 0 Å². The van der Waals surface area contributed by atoms with Crippen LogP contribution in [0.5, 0.6) is 0 Å². The van der Waals surface area contributed by atoms with Crippen LogP contribution in [0.25, 0.3) is 0 Å². The molecule has 0 N–H and O–H groups in total. The fourth-order valence-electron chi connectivity index (χ4n) is 1.07. The molecule has 64 valence electrons. The van der Waals surface area contributed by atoms with Gasteiger partial charge in [0, 0.05) is 0 Å². The third-order valence-corrected chi connectivity index (χ3v) is 1.72. The van der Waals surface area contributed by atoms with Gasteiger partial charge in [0.2, 0.25) is 0 Å². The maximum atomic E-state index is 5.50. The summed E-state index contributed by atoms with van der Waals surface area (Å²) in [5.41, 5.74) is 3.84. The fraction of sp³-hybridized carbons (Fsp3) is 0.455. The summed E-state index contributed by atoms with van der Waals surface area (Å²) in [5, 5.41) is 0. The standard InChI is InChI=1S/C9H11B.C2H6/c1-7-3-4-9(6-10)8(2)5-7;1-2/h3-5H,6H2,1-2H3;1-2H3. The molecule has 0 unspecified atom stereocenters. The minimum atomic E-state index is 0.645. The van der Waals surface area contributed by atoms with Crippen LogP contribution in [0.1, 0.15) is 30.5 Å². The van der Waals surface area contributed by atoms with Crippen molar-refractivity contribution in [2.45, 2.75) is 34.0 Å². The van der Waals surface area contributed by atoms with Crippen molar-refractivity contribution < 1.29 is 0 Å². The summed E-state index contributed by atoms with van der Waals surface area (Å²) in [6, 6.07) is 6.34. The van der Waals surface area contributed by atoms with Crippen LogP contribution in [-0.2, 0) is 6.32 Å². The van der Waals surface area contributed by atoms with Gasteiger partial charge >= 0.3 is 0 Å². The van der Waals surface area contributed by atoms with Gasteiger partial charge in [-0.3, -0.25) is 0 Å². The van der Waals surface area contributed by atoms with Crippen LogP contribution < -0.4 is 0 Å². The average Bonchev–Trinajstić information content (AvgIpc) is 2.08. The summed E-state index contributed by atoms with van der Waals surface area (Å²) >= 11 is 0. The van der Waals surface area contributed by atoms with Crippen LogP contribution in [0.2, 0.25) is 0 Å². The molecule has 0 heterocycles. The molecule has 0 bridgehead atoms. The molecule has 0 nitrogen and oxygen atoms in total. The van der Waals surface area contributed by atoms with E-state index in [9.17, 15) is 0 Å². The molecule has 1 rings (SSSR count). The summed E-state index contributed by atoms with van der Waals surface area (Å²) in [4.78, 5) is 0. The molecule has 0 atom stereocenters. The summed E-state index contributed by atoms with van der Waals surface area (Å²) in [6.45, 7) is 8.18. The lowest BCUT2D eigenvalue weighted by Gasteiger charge is -2.02. The van der Waals surface area contributed by atoms with Gasteiger partial charge < -0.3 is 0 Å². The second-order valence-electron chi connectivity index (χ2n) is 2.63. The second-order valence-corrected chi connectivity index (χ2v) is 2.63. The zero-order valence-electron chi connectivity index (χ0n) is 8.52. The van der Waals surface area contributed by atoms with Crippen molar-refractivity contribution in [2.24, 2.45) is 0 Å². The Kier molecular flexibility index (Phi) is 5.52. The third kappa shape index (κ3) is 3.12. The van der Waals surface area contributed by atoms with E-state index in [4.69, 9.17) is 7.85 Å². The van der Waals surface area contributed by atoms with E-state index in [2.05, 4.69) is 32.0 Å². The van der Waals surface area contributed by atoms with Crippen LogP contribution in [-0.4, -0.2) is 7.85 Å². The highest BCUT2D eigenvalue weighted by Crippen LogP contribution is 2.09. The van der Waals surface area contributed by atoms with Gasteiger partial charge in [-0.2, -0.15) is 0 Å². The lowest BCUT2D eigenvalue weighted by atomic mass is 9.93. The van der Waals surface area contributed by atoms with Crippen molar-refractivity contribution in [1.29, 1.82) is 0 Å². The van der Waals surface area contributed by atoms with Gasteiger partial charge in [0.05, 0.1) is 7.85 Å². The zero-order valence-corrected chi connectivity index (χ0v) is 8.52. The molecule has 2 radical (unpaired) electrons. The van der Waals surface area contributed by atoms with E-state index in [1.807, 2.05) is 13.8 Å². The van der Waals surface area contributed by atoms with E-state index < -0.39 is 0 Å². The maximum Gasteiger partial charge on any atom is 0.0716 e. The van der Waals surface area contributed by atoms with Gasteiger partial charge in [0.25, 0.3) is 0 Å². The summed E-state index contributed by atoms with van der Waals surface area (Å²) < 4.78 is 0. The van der Waals surface area contributed by atoms with Crippen molar-refractivity contribution in [2.75, 3.05) is 0 Å². The van der Waals surface area contributed by atoms with Gasteiger partial charge in [-0.1, -0.05) is 49.5 Å². The Bertz CT molecular complexity index is 228. The first kappa shape index (κ1) is 11.3. The monoisotopic (exact) mass is 160 g/mol. The molecule has 0 spiro atoms. The Hall–Kier alpha value is -0.715. The van der Waals surface area contributed by atoms with E-state index in [0.717, 1.165) is 0 Å². The Balaban J connectivity index is 0.000000561. The quantitative estimate of drug-likeness (QED) is 0.554. The maximum absolute atomic E-state index is 5.50. The van der Waals surface area contributed by atoms with Crippen LogP contribution in [0.4, 0.5) is 0 Å². The van der Waals surface area contributed by atoms with Crippen molar-refractivity contribution >= 4 is 7.85 Å². The molecule has 1 aromatic rings. The molecule has 0 amide bonds. The highest BCUT2D eigenvalue weighted by molar-refractivity contribution is 6.08. The third-order valence-electron chi connectivity index (χ3n) is 1.72. The second kappa shape index (κ2) is 5.88. The molecule has 1 aromatic carbocycles. The van der Waals surface area contributed by atoms with Crippen LogP contribution >= 0.6 is 0 Å². The predicted octanol–water partition coefficient (Wildman–Crippen LogP) is 3.00. The fourth-order valence-corrected chi connectivity index (χ4v) is 1.07. The van der Waals surface area contributed by atoms with Crippen LogP contribution in [0.15, 0.2) is 18.2 Å². The van der Waals surface area contributed by atoms with Crippen molar-refractivity contribution in [3.8, 4) is 0 Å². The number of aryl methyl sites for hydroxylation is 2. The highest BCUT2D eigenvalue weighted by Gasteiger charge is 1.93. The molecule has 0 aromatic heterocycles. The van der Waals surface area contributed by atoms with Crippen molar-refractivity contribution in [3.05, 3.63) is 34.9 Å². The number of hydrogen-bond acceptors (Lipinski definition) is 0. The summed E-state index contributed by atoms with van der Waals surface area (Å²) in [7, 11) is 5.50. The average molecular weight is 160 g/mol. The molecule has 0 aliphatic rings. The first-order valence-corrected chi connectivity index (χ1v) is 4.50.